The van der Waals surface area contributed by atoms with E-state index in [1.807, 2.05) is 0 Å². The number of morpholine rings is 1. The molecule has 0 unspecified atom stereocenters. The Labute approximate surface area is 153 Å². The van der Waals surface area contributed by atoms with Crippen LogP contribution in [0.2, 0.25) is 0 Å². The lowest BCUT2D eigenvalue weighted by Crippen LogP contribution is -2.44. The first-order valence-corrected chi connectivity index (χ1v) is 8.67. The predicted molar refractivity (Wildman–Crippen MR) is 98.9 cm³/mol. The highest BCUT2D eigenvalue weighted by Crippen LogP contribution is 2.15. The highest BCUT2D eigenvalue weighted by atomic mass is 16.5. The molecule has 1 heterocycles. The van der Waals surface area contributed by atoms with Gasteiger partial charge in [0.2, 0.25) is 17.7 Å². The Morgan fingerprint density at radius 3 is 2.38 bits per heavy atom. The van der Waals surface area contributed by atoms with Crippen molar-refractivity contribution >= 4 is 29.1 Å². The molecule has 0 aliphatic carbocycles. The lowest BCUT2D eigenvalue weighted by molar-refractivity contribution is -0.133. The summed E-state index contributed by atoms with van der Waals surface area (Å²) in [5, 5.41) is 5.42. The summed E-state index contributed by atoms with van der Waals surface area (Å²) in [7, 11) is 0. The molecule has 8 heteroatoms. The summed E-state index contributed by atoms with van der Waals surface area (Å²) in [6.07, 6.45) is 0. The number of nitrogens with zero attached hydrogens (tertiary/aromatic N) is 2. The molecule has 8 nitrogen and oxygen atoms in total. The summed E-state index contributed by atoms with van der Waals surface area (Å²) < 4.78 is 5.31. The largest absolute Gasteiger partial charge is 0.379 e. The zero-order valence-electron chi connectivity index (χ0n) is 15.3. The molecular formula is C18H26N4O4. The third-order valence-electron chi connectivity index (χ3n) is 4.04. The van der Waals surface area contributed by atoms with Crippen LogP contribution in [0, 0.1) is 0 Å². The van der Waals surface area contributed by atoms with Gasteiger partial charge in [-0.2, -0.15) is 0 Å². The second kappa shape index (κ2) is 9.88. The van der Waals surface area contributed by atoms with Gasteiger partial charge < -0.3 is 20.3 Å². The molecule has 1 aliphatic rings. The lowest BCUT2D eigenvalue weighted by atomic mass is 10.2. The second-order valence-electron chi connectivity index (χ2n) is 6.20. The number of hydrogen-bond acceptors (Lipinski definition) is 5. The number of amides is 3. The van der Waals surface area contributed by atoms with Gasteiger partial charge in [0, 0.05) is 51.4 Å². The van der Waals surface area contributed by atoms with Crippen LogP contribution in [0.4, 0.5) is 11.4 Å². The van der Waals surface area contributed by atoms with Crippen molar-refractivity contribution < 1.29 is 19.1 Å². The van der Waals surface area contributed by atoms with E-state index >= 15 is 0 Å². The third-order valence-corrected chi connectivity index (χ3v) is 4.04. The van der Waals surface area contributed by atoms with Crippen molar-refractivity contribution in [3.8, 4) is 0 Å². The van der Waals surface area contributed by atoms with E-state index in [-0.39, 0.29) is 24.3 Å². The Kier molecular flexibility index (Phi) is 7.55. The quantitative estimate of drug-likeness (QED) is 0.747. The van der Waals surface area contributed by atoms with Gasteiger partial charge in [-0.1, -0.05) is 6.07 Å². The van der Waals surface area contributed by atoms with Crippen molar-refractivity contribution in [2.24, 2.45) is 0 Å². The van der Waals surface area contributed by atoms with Crippen LogP contribution in [0.1, 0.15) is 13.8 Å². The van der Waals surface area contributed by atoms with E-state index in [1.54, 1.807) is 24.3 Å². The number of ether oxygens (including phenoxy) is 1. The molecule has 3 amide bonds. The van der Waals surface area contributed by atoms with Crippen LogP contribution in [-0.2, 0) is 19.1 Å². The number of anilines is 2. The highest BCUT2D eigenvalue weighted by Gasteiger charge is 2.17. The molecular weight excluding hydrogens is 336 g/mol. The number of hydrogen-bond donors (Lipinski definition) is 2. The van der Waals surface area contributed by atoms with Crippen molar-refractivity contribution in [2.45, 2.75) is 13.8 Å². The van der Waals surface area contributed by atoms with Gasteiger partial charge in [0.1, 0.15) is 0 Å². The zero-order chi connectivity index (χ0) is 18.9. The summed E-state index contributed by atoms with van der Waals surface area (Å²) in [6.45, 7) is 7.17. The minimum atomic E-state index is -0.276. The van der Waals surface area contributed by atoms with E-state index in [0.29, 0.717) is 37.7 Å². The third kappa shape index (κ3) is 6.81. The standard InChI is InChI=1S/C18H26N4O4/c1-14(23)19-16-4-3-5-17(12-16)20-18(25)13-22(15(2)24)7-6-21-8-10-26-11-9-21/h3-5,12H,6-11,13H2,1-2H3,(H,19,23)(H,20,25). The fraction of sp³-hybridized carbons (Fsp3) is 0.500. The molecule has 1 aliphatic heterocycles. The van der Waals surface area contributed by atoms with Gasteiger partial charge in [0.05, 0.1) is 19.8 Å². The first-order valence-electron chi connectivity index (χ1n) is 8.67. The minimum Gasteiger partial charge on any atom is -0.379 e. The van der Waals surface area contributed by atoms with Crippen LogP contribution in [0.25, 0.3) is 0 Å². The molecule has 1 fully saturated rings. The lowest BCUT2D eigenvalue weighted by Gasteiger charge is -2.29. The van der Waals surface area contributed by atoms with Gasteiger partial charge >= 0.3 is 0 Å². The average molecular weight is 362 g/mol. The monoisotopic (exact) mass is 362 g/mol. The summed E-state index contributed by atoms with van der Waals surface area (Å²) in [5.41, 5.74) is 1.17. The molecule has 1 saturated heterocycles. The van der Waals surface area contributed by atoms with Crippen LogP contribution in [0.3, 0.4) is 0 Å². The first kappa shape index (κ1) is 19.9. The van der Waals surface area contributed by atoms with E-state index in [9.17, 15) is 14.4 Å². The van der Waals surface area contributed by atoms with Crippen molar-refractivity contribution in [3.63, 3.8) is 0 Å². The molecule has 0 spiro atoms. The molecule has 0 saturated carbocycles. The van der Waals surface area contributed by atoms with Gasteiger partial charge in [0.25, 0.3) is 0 Å². The Hall–Kier alpha value is -2.45. The highest BCUT2D eigenvalue weighted by molar-refractivity contribution is 5.95. The topological polar surface area (TPSA) is 91.0 Å². The fourth-order valence-electron chi connectivity index (χ4n) is 2.69. The first-order chi connectivity index (χ1) is 12.4. The van der Waals surface area contributed by atoms with E-state index in [2.05, 4.69) is 15.5 Å². The maximum Gasteiger partial charge on any atom is 0.243 e. The van der Waals surface area contributed by atoms with E-state index in [4.69, 9.17) is 4.74 Å². The predicted octanol–water partition coefficient (Wildman–Crippen LogP) is 0.764. The maximum atomic E-state index is 12.3. The molecule has 0 atom stereocenters. The molecule has 0 radical (unpaired) electrons. The number of nitrogens with one attached hydrogen (secondary N) is 2. The minimum absolute atomic E-state index is 0.00988. The van der Waals surface area contributed by atoms with Gasteiger partial charge in [-0.15, -0.1) is 0 Å². The van der Waals surface area contributed by atoms with Crippen molar-refractivity contribution in [3.05, 3.63) is 24.3 Å². The van der Waals surface area contributed by atoms with Crippen molar-refractivity contribution in [1.29, 1.82) is 0 Å². The maximum absolute atomic E-state index is 12.3. The normalized spacial score (nSPS) is 14.5. The zero-order valence-corrected chi connectivity index (χ0v) is 15.3. The van der Waals surface area contributed by atoms with Crippen LogP contribution >= 0.6 is 0 Å². The molecule has 0 aromatic heterocycles. The van der Waals surface area contributed by atoms with Gasteiger partial charge in [-0.25, -0.2) is 0 Å². The van der Waals surface area contributed by atoms with E-state index in [1.165, 1.54) is 18.7 Å². The summed E-state index contributed by atoms with van der Waals surface area (Å²) in [6, 6.07) is 6.88. The summed E-state index contributed by atoms with van der Waals surface area (Å²) >= 11 is 0. The van der Waals surface area contributed by atoms with Gasteiger partial charge in [-0.3, -0.25) is 19.3 Å². The number of benzene rings is 1. The average Bonchev–Trinajstić information content (AvgIpc) is 2.59. The van der Waals surface area contributed by atoms with Crippen molar-refractivity contribution in [2.75, 3.05) is 56.6 Å². The van der Waals surface area contributed by atoms with E-state index < -0.39 is 0 Å². The molecule has 1 aromatic rings. The Balaban J connectivity index is 1.86. The van der Waals surface area contributed by atoms with Crippen LogP contribution < -0.4 is 10.6 Å². The number of carbonyl (C=O) groups excluding carboxylic acids is 3. The summed E-state index contributed by atoms with van der Waals surface area (Å²) in [4.78, 5) is 39.0. The fourth-order valence-corrected chi connectivity index (χ4v) is 2.69. The van der Waals surface area contributed by atoms with Crippen molar-refractivity contribution in [1.82, 2.24) is 9.80 Å². The number of rotatable bonds is 7. The SMILES string of the molecule is CC(=O)Nc1cccc(NC(=O)CN(CCN2CCOCC2)C(C)=O)c1. The molecule has 2 N–H and O–H groups in total. The van der Waals surface area contributed by atoms with Crippen LogP contribution in [0.5, 0.6) is 0 Å². The summed E-state index contributed by atoms with van der Waals surface area (Å²) in [5.74, 6) is -0.595. The second-order valence-corrected chi connectivity index (χ2v) is 6.20. The van der Waals surface area contributed by atoms with Gasteiger partial charge in [-0.05, 0) is 18.2 Å². The van der Waals surface area contributed by atoms with Crippen LogP contribution in [-0.4, -0.2) is 73.5 Å². The molecule has 26 heavy (non-hydrogen) atoms. The molecule has 2 rings (SSSR count). The Morgan fingerprint density at radius 1 is 1.12 bits per heavy atom. The smallest absolute Gasteiger partial charge is 0.243 e. The van der Waals surface area contributed by atoms with Crippen LogP contribution in [0.15, 0.2) is 24.3 Å². The Bertz CT molecular complexity index is 644. The van der Waals surface area contributed by atoms with E-state index in [0.717, 1.165) is 13.1 Å². The molecule has 142 valence electrons. The Morgan fingerprint density at radius 2 is 1.77 bits per heavy atom. The van der Waals surface area contributed by atoms with Gasteiger partial charge in [0.15, 0.2) is 0 Å². The molecule has 0 bridgehead atoms. The molecule has 1 aromatic carbocycles. The number of carbonyl (C=O) groups is 3.